The molecule has 0 aliphatic rings. The number of nitrogens with zero attached hydrogens (tertiary/aromatic N) is 2. The van der Waals surface area contributed by atoms with Crippen molar-refractivity contribution in [2.75, 3.05) is 7.05 Å². The Labute approximate surface area is 119 Å². The summed E-state index contributed by atoms with van der Waals surface area (Å²) < 4.78 is 1.83. The maximum Gasteiger partial charge on any atom is 0.236 e. The lowest BCUT2D eigenvalue weighted by atomic mass is 10.1. The van der Waals surface area contributed by atoms with Gasteiger partial charge >= 0.3 is 0 Å². The number of benzene rings is 1. The minimum atomic E-state index is -0.241. The Morgan fingerprint density at radius 1 is 1.25 bits per heavy atom. The maximum atomic E-state index is 11.5. The molecule has 0 saturated heterocycles. The molecule has 0 aliphatic carbocycles. The number of carbonyl (C=O) groups excluding carboxylic acids is 1. The van der Waals surface area contributed by atoms with E-state index in [0.717, 1.165) is 11.3 Å². The third-order valence-electron chi connectivity index (χ3n) is 3.26. The fourth-order valence-corrected chi connectivity index (χ4v) is 2.05. The van der Waals surface area contributed by atoms with Crippen LogP contribution in [0.2, 0.25) is 0 Å². The molecule has 0 spiro atoms. The van der Waals surface area contributed by atoms with Crippen molar-refractivity contribution in [2.45, 2.75) is 25.9 Å². The highest BCUT2D eigenvalue weighted by Crippen LogP contribution is 2.14. The molecule has 106 valence electrons. The average Bonchev–Trinajstić information content (AvgIpc) is 2.97. The van der Waals surface area contributed by atoms with Gasteiger partial charge in [-0.2, -0.15) is 5.10 Å². The summed E-state index contributed by atoms with van der Waals surface area (Å²) in [5.41, 5.74) is 2.06. The van der Waals surface area contributed by atoms with E-state index in [-0.39, 0.29) is 18.0 Å². The summed E-state index contributed by atoms with van der Waals surface area (Å²) in [6.45, 7) is 3.86. The third-order valence-corrected chi connectivity index (χ3v) is 3.26. The number of nitrogens with one attached hydrogen (secondary N) is 2. The second-order valence-corrected chi connectivity index (χ2v) is 4.78. The van der Waals surface area contributed by atoms with E-state index in [0.29, 0.717) is 0 Å². The van der Waals surface area contributed by atoms with Crippen molar-refractivity contribution in [3.05, 3.63) is 48.3 Å². The van der Waals surface area contributed by atoms with Gasteiger partial charge in [0.2, 0.25) is 5.91 Å². The molecule has 1 amide bonds. The lowest BCUT2D eigenvalue weighted by Crippen LogP contribution is -2.41. The summed E-state index contributed by atoms with van der Waals surface area (Å²) in [4.78, 5) is 11.5. The molecule has 2 atom stereocenters. The lowest BCUT2D eigenvalue weighted by molar-refractivity contribution is -0.122. The van der Waals surface area contributed by atoms with Gasteiger partial charge in [0.1, 0.15) is 0 Å². The molecule has 1 aromatic carbocycles. The van der Waals surface area contributed by atoms with Crippen LogP contribution >= 0.6 is 0 Å². The Bertz CT molecular complexity index is 564. The van der Waals surface area contributed by atoms with E-state index >= 15 is 0 Å². The number of amides is 1. The molecule has 2 aromatic rings. The maximum absolute atomic E-state index is 11.5. The van der Waals surface area contributed by atoms with Gasteiger partial charge in [-0.3, -0.25) is 10.1 Å². The van der Waals surface area contributed by atoms with E-state index in [1.807, 2.05) is 61.3 Å². The van der Waals surface area contributed by atoms with Crippen LogP contribution in [0.4, 0.5) is 0 Å². The van der Waals surface area contributed by atoms with Crippen molar-refractivity contribution >= 4 is 5.91 Å². The molecule has 0 aliphatic heterocycles. The normalized spacial score (nSPS) is 13.8. The van der Waals surface area contributed by atoms with Crippen LogP contribution in [0.3, 0.4) is 0 Å². The zero-order chi connectivity index (χ0) is 14.5. The minimum absolute atomic E-state index is 0.0210. The Balaban J connectivity index is 2.07. The molecule has 0 radical (unpaired) electrons. The van der Waals surface area contributed by atoms with Gasteiger partial charge in [-0.25, -0.2) is 4.68 Å². The van der Waals surface area contributed by atoms with Crippen molar-refractivity contribution in [3.8, 4) is 5.69 Å². The Morgan fingerprint density at radius 3 is 2.60 bits per heavy atom. The van der Waals surface area contributed by atoms with E-state index in [1.54, 1.807) is 7.05 Å². The summed E-state index contributed by atoms with van der Waals surface area (Å²) in [7, 11) is 1.64. The van der Waals surface area contributed by atoms with Crippen molar-refractivity contribution < 1.29 is 4.79 Å². The fourth-order valence-electron chi connectivity index (χ4n) is 2.05. The van der Waals surface area contributed by atoms with Crippen LogP contribution in [0.25, 0.3) is 5.69 Å². The highest BCUT2D eigenvalue weighted by Gasteiger charge is 2.16. The molecule has 20 heavy (non-hydrogen) atoms. The number of rotatable bonds is 5. The number of para-hydroxylation sites is 1. The molecule has 1 aromatic heterocycles. The number of aromatic nitrogens is 2. The first-order valence-electron chi connectivity index (χ1n) is 6.69. The van der Waals surface area contributed by atoms with Crippen LogP contribution in [0.1, 0.15) is 25.5 Å². The topological polar surface area (TPSA) is 59.0 Å². The minimum Gasteiger partial charge on any atom is -0.358 e. The fraction of sp³-hybridized carbons (Fsp3) is 0.333. The zero-order valence-corrected chi connectivity index (χ0v) is 12.0. The van der Waals surface area contributed by atoms with Crippen LogP contribution in [-0.4, -0.2) is 28.8 Å². The van der Waals surface area contributed by atoms with Gasteiger partial charge in [-0.15, -0.1) is 0 Å². The number of hydrogen-bond acceptors (Lipinski definition) is 3. The molecule has 2 rings (SSSR count). The third kappa shape index (κ3) is 3.24. The van der Waals surface area contributed by atoms with Crippen LogP contribution in [-0.2, 0) is 4.79 Å². The van der Waals surface area contributed by atoms with Gasteiger partial charge in [-0.05, 0) is 26.0 Å². The van der Waals surface area contributed by atoms with E-state index in [4.69, 9.17) is 0 Å². The molecule has 2 N–H and O–H groups in total. The highest BCUT2D eigenvalue weighted by atomic mass is 16.2. The first-order valence-corrected chi connectivity index (χ1v) is 6.69. The van der Waals surface area contributed by atoms with Gasteiger partial charge in [0.15, 0.2) is 0 Å². The largest absolute Gasteiger partial charge is 0.358 e. The van der Waals surface area contributed by atoms with Gasteiger partial charge in [0, 0.05) is 24.8 Å². The Hall–Kier alpha value is -2.14. The van der Waals surface area contributed by atoms with Gasteiger partial charge in [-0.1, -0.05) is 18.2 Å². The summed E-state index contributed by atoms with van der Waals surface area (Å²) >= 11 is 0. The second-order valence-electron chi connectivity index (χ2n) is 4.78. The molecule has 1 heterocycles. The summed E-state index contributed by atoms with van der Waals surface area (Å²) in [5.74, 6) is -0.0210. The standard InChI is InChI=1S/C15H20N4O/c1-11(18-12(2)15(20)16-3)13-9-17-19(10-13)14-7-5-4-6-8-14/h4-12,18H,1-3H3,(H,16,20). The Kier molecular flexibility index (Phi) is 4.53. The predicted molar refractivity (Wildman–Crippen MR) is 78.6 cm³/mol. The second kappa shape index (κ2) is 6.34. The van der Waals surface area contributed by atoms with Crippen LogP contribution < -0.4 is 10.6 Å². The van der Waals surface area contributed by atoms with Crippen LogP contribution in [0.15, 0.2) is 42.7 Å². The SMILES string of the molecule is CNC(=O)C(C)NC(C)c1cnn(-c2ccccc2)c1. The number of likely N-dealkylation sites (N-methyl/N-ethyl adjacent to an activating group) is 1. The molecule has 0 saturated carbocycles. The van der Waals surface area contributed by atoms with Gasteiger partial charge < -0.3 is 5.32 Å². The molecule has 0 bridgehead atoms. The van der Waals surface area contributed by atoms with E-state index < -0.39 is 0 Å². The Morgan fingerprint density at radius 2 is 1.95 bits per heavy atom. The van der Waals surface area contributed by atoms with E-state index in [9.17, 15) is 4.79 Å². The predicted octanol–water partition coefficient (Wildman–Crippen LogP) is 1.66. The summed E-state index contributed by atoms with van der Waals surface area (Å²) in [6.07, 6.45) is 3.80. The summed E-state index contributed by atoms with van der Waals surface area (Å²) in [5, 5.41) is 10.2. The van der Waals surface area contributed by atoms with Crippen LogP contribution in [0, 0.1) is 0 Å². The summed E-state index contributed by atoms with van der Waals surface area (Å²) in [6, 6.07) is 9.75. The lowest BCUT2D eigenvalue weighted by Gasteiger charge is -2.17. The van der Waals surface area contributed by atoms with Crippen molar-refractivity contribution in [3.63, 3.8) is 0 Å². The van der Waals surface area contributed by atoms with Gasteiger partial charge in [0.25, 0.3) is 0 Å². The monoisotopic (exact) mass is 272 g/mol. The quantitative estimate of drug-likeness (QED) is 0.870. The molecule has 5 heteroatoms. The zero-order valence-electron chi connectivity index (χ0n) is 12.0. The molecule has 2 unspecified atom stereocenters. The van der Waals surface area contributed by atoms with E-state index in [2.05, 4.69) is 15.7 Å². The van der Waals surface area contributed by atoms with Crippen molar-refractivity contribution in [2.24, 2.45) is 0 Å². The van der Waals surface area contributed by atoms with Gasteiger partial charge in [0.05, 0.1) is 17.9 Å². The molecular weight excluding hydrogens is 252 g/mol. The average molecular weight is 272 g/mol. The number of carbonyl (C=O) groups is 1. The molecule has 5 nitrogen and oxygen atoms in total. The van der Waals surface area contributed by atoms with Crippen LogP contribution in [0.5, 0.6) is 0 Å². The number of hydrogen-bond donors (Lipinski definition) is 2. The van der Waals surface area contributed by atoms with Crippen molar-refractivity contribution in [1.29, 1.82) is 0 Å². The molecular formula is C15H20N4O. The first-order chi connectivity index (χ1) is 9.61. The highest BCUT2D eigenvalue weighted by molar-refractivity contribution is 5.80. The van der Waals surface area contributed by atoms with Crippen molar-refractivity contribution in [1.82, 2.24) is 20.4 Å². The first kappa shape index (κ1) is 14.3. The smallest absolute Gasteiger partial charge is 0.236 e. The van der Waals surface area contributed by atoms with E-state index in [1.165, 1.54) is 0 Å². The molecule has 0 fully saturated rings.